The summed E-state index contributed by atoms with van der Waals surface area (Å²) in [4.78, 5) is 11.6. The van der Waals surface area contributed by atoms with Gasteiger partial charge in [-0.05, 0) is 33.8 Å². The molecule has 1 aliphatic rings. The number of carbonyl (C=O) groups is 1. The van der Waals surface area contributed by atoms with Crippen LogP contribution in [0.4, 0.5) is 0 Å². The molecule has 0 aliphatic carbocycles. The highest BCUT2D eigenvalue weighted by Gasteiger charge is 2.39. The summed E-state index contributed by atoms with van der Waals surface area (Å²) in [7, 11) is -3.71. The van der Waals surface area contributed by atoms with Gasteiger partial charge in [-0.15, -0.1) is 11.3 Å². The van der Waals surface area contributed by atoms with Crippen molar-refractivity contribution in [2.75, 3.05) is 13.1 Å². The number of carboxylic acid groups (broad SMARTS) is 1. The van der Waals surface area contributed by atoms with Crippen molar-refractivity contribution in [3.63, 3.8) is 0 Å². The van der Waals surface area contributed by atoms with E-state index >= 15 is 0 Å². The lowest BCUT2D eigenvalue weighted by atomic mass is 10.1. The second-order valence-electron chi connectivity index (χ2n) is 5.82. The van der Waals surface area contributed by atoms with E-state index in [0.717, 1.165) is 11.3 Å². The molecule has 1 fully saturated rings. The third kappa shape index (κ3) is 3.28. The predicted molar refractivity (Wildman–Crippen MR) is 79.4 cm³/mol. The van der Waals surface area contributed by atoms with Gasteiger partial charge in [-0.25, -0.2) is 13.2 Å². The lowest BCUT2D eigenvalue weighted by Gasteiger charge is -2.40. The standard InChI is InChI=1S/C13H19NO5S2/c1-8-6-14(7-13(3,4)19-8)21(17,18)11-5-10(12(15)16)20-9(11)2/h5,8H,6-7H2,1-4H3,(H,15,16). The highest BCUT2D eigenvalue weighted by atomic mass is 32.2. The van der Waals surface area contributed by atoms with Crippen molar-refractivity contribution >= 4 is 27.3 Å². The Kier molecular flexibility index (Phi) is 4.18. The molecule has 1 aromatic rings. The zero-order valence-electron chi connectivity index (χ0n) is 12.4. The van der Waals surface area contributed by atoms with E-state index in [2.05, 4.69) is 0 Å². The number of morpholine rings is 1. The van der Waals surface area contributed by atoms with E-state index < -0.39 is 21.6 Å². The summed E-state index contributed by atoms with van der Waals surface area (Å²) >= 11 is 0.977. The van der Waals surface area contributed by atoms with Crippen molar-refractivity contribution < 1.29 is 23.1 Å². The van der Waals surface area contributed by atoms with Gasteiger partial charge in [0.1, 0.15) is 4.88 Å². The van der Waals surface area contributed by atoms with E-state index in [1.165, 1.54) is 10.4 Å². The molecule has 21 heavy (non-hydrogen) atoms. The number of ether oxygens (including phenoxy) is 1. The van der Waals surface area contributed by atoms with Crippen LogP contribution in [-0.4, -0.2) is 48.6 Å². The first kappa shape index (κ1) is 16.4. The zero-order valence-corrected chi connectivity index (χ0v) is 14.0. The molecule has 1 aliphatic heterocycles. The minimum absolute atomic E-state index is 0.0339. The highest BCUT2D eigenvalue weighted by Crippen LogP contribution is 2.31. The summed E-state index contributed by atoms with van der Waals surface area (Å²) in [5.41, 5.74) is -0.565. The van der Waals surface area contributed by atoms with Crippen LogP contribution in [0.2, 0.25) is 0 Å². The van der Waals surface area contributed by atoms with E-state index in [9.17, 15) is 13.2 Å². The second-order valence-corrected chi connectivity index (χ2v) is 8.98. The number of thiophene rings is 1. The van der Waals surface area contributed by atoms with Crippen LogP contribution in [0, 0.1) is 6.92 Å². The normalized spacial score (nSPS) is 23.1. The molecule has 0 spiro atoms. The van der Waals surface area contributed by atoms with Crippen LogP contribution in [0.15, 0.2) is 11.0 Å². The predicted octanol–water partition coefficient (Wildman–Crippen LogP) is 1.94. The summed E-state index contributed by atoms with van der Waals surface area (Å²) in [6, 6.07) is 1.24. The number of aryl methyl sites for hydroxylation is 1. The van der Waals surface area contributed by atoms with Gasteiger partial charge >= 0.3 is 5.97 Å². The number of hydrogen-bond acceptors (Lipinski definition) is 5. The van der Waals surface area contributed by atoms with Crippen molar-refractivity contribution in [2.45, 2.75) is 44.3 Å². The number of sulfonamides is 1. The minimum atomic E-state index is -3.71. The number of nitrogens with zero attached hydrogens (tertiary/aromatic N) is 1. The first-order valence-electron chi connectivity index (χ1n) is 6.54. The molecule has 1 unspecified atom stereocenters. The third-order valence-corrected chi connectivity index (χ3v) is 6.34. The molecule has 1 aromatic heterocycles. The van der Waals surface area contributed by atoms with Crippen molar-refractivity contribution in [3.8, 4) is 0 Å². The largest absolute Gasteiger partial charge is 0.477 e. The average Bonchev–Trinajstić information content (AvgIpc) is 2.69. The maximum Gasteiger partial charge on any atom is 0.345 e. The maximum absolute atomic E-state index is 12.8. The van der Waals surface area contributed by atoms with Crippen LogP contribution in [0.25, 0.3) is 0 Å². The van der Waals surface area contributed by atoms with Gasteiger partial charge in [0.15, 0.2) is 0 Å². The Bertz CT molecular complexity index is 662. The molecule has 0 saturated carbocycles. The maximum atomic E-state index is 12.8. The lowest BCUT2D eigenvalue weighted by molar-refractivity contribution is -0.109. The van der Waals surface area contributed by atoms with Crippen LogP contribution in [-0.2, 0) is 14.8 Å². The molecule has 0 aromatic carbocycles. The van der Waals surface area contributed by atoms with Gasteiger partial charge in [-0.3, -0.25) is 0 Å². The first-order valence-corrected chi connectivity index (χ1v) is 8.80. The Labute approximate surface area is 128 Å². The molecule has 0 bridgehead atoms. The fourth-order valence-electron chi connectivity index (χ4n) is 2.54. The quantitative estimate of drug-likeness (QED) is 0.914. The molecule has 0 amide bonds. The third-order valence-electron chi connectivity index (χ3n) is 3.24. The fraction of sp³-hybridized carbons (Fsp3) is 0.615. The Balaban J connectivity index is 2.40. The van der Waals surface area contributed by atoms with Gasteiger partial charge in [-0.2, -0.15) is 4.31 Å². The molecule has 6 nitrogen and oxygen atoms in total. The summed E-state index contributed by atoms with van der Waals surface area (Å²) in [6.07, 6.45) is -0.207. The van der Waals surface area contributed by atoms with E-state index in [0.29, 0.717) is 4.88 Å². The molecule has 2 rings (SSSR count). The Hall–Kier alpha value is -0.960. The number of carboxylic acids is 1. The lowest BCUT2D eigenvalue weighted by Crippen LogP contribution is -2.53. The second kappa shape index (κ2) is 5.35. The fourth-order valence-corrected chi connectivity index (χ4v) is 5.61. The highest BCUT2D eigenvalue weighted by molar-refractivity contribution is 7.89. The molecule has 118 valence electrons. The summed E-state index contributed by atoms with van der Waals surface area (Å²) < 4.78 is 32.6. The van der Waals surface area contributed by atoms with Gasteiger partial charge in [-0.1, -0.05) is 0 Å². The topological polar surface area (TPSA) is 83.9 Å². The minimum Gasteiger partial charge on any atom is -0.477 e. The first-order chi connectivity index (χ1) is 9.53. The monoisotopic (exact) mass is 333 g/mol. The van der Waals surface area contributed by atoms with Gasteiger partial charge < -0.3 is 9.84 Å². The van der Waals surface area contributed by atoms with Crippen LogP contribution >= 0.6 is 11.3 Å². The van der Waals surface area contributed by atoms with E-state index in [1.54, 1.807) is 6.92 Å². The summed E-state index contributed by atoms with van der Waals surface area (Å²) in [6.45, 7) is 7.65. The molecule has 2 heterocycles. The summed E-state index contributed by atoms with van der Waals surface area (Å²) in [5.74, 6) is -1.11. The van der Waals surface area contributed by atoms with Gasteiger partial charge in [0.05, 0.1) is 16.6 Å². The number of rotatable bonds is 3. The van der Waals surface area contributed by atoms with Gasteiger partial charge in [0.25, 0.3) is 0 Å². The van der Waals surface area contributed by atoms with Gasteiger partial charge in [0, 0.05) is 18.0 Å². The SMILES string of the molecule is Cc1sc(C(=O)O)cc1S(=O)(=O)N1CC(C)OC(C)(C)C1. The molecule has 1 N–H and O–H groups in total. The average molecular weight is 333 g/mol. The Morgan fingerprint density at radius 2 is 2.14 bits per heavy atom. The van der Waals surface area contributed by atoms with Crippen LogP contribution in [0.3, 0.4) is 0 Å². The molecule has 8 heteroatoms. The van der Waals surface area contributed by atoms with Crippen molar-refractivity contribution in [2.24, 2.45) is 0 Å². The molecule has 1 saturated heterocycles. The molecule has 0 radical (unpaired) electrons. The molecular weight excluding hydrogens is 314 g/mol. The van der Waals surface area contributed by atoms with E-state index in [4.69, 9.17) is 9.84 Å². The van der Waals surface area contributed by atoms with Crippen LogP contribution < -0.4 is 0 Å². The Morgan fingerprint density at radius 1 is 1.52 bits per heavy atom. The van der Waals surface area contributed by atoms with Crippen molar-refractivity contribution in [1.29, 1.82) is 0 Å². The van der Waals surface area contributed by atoms with Crippen LogP contribution in [0.5, 0.6) is 0 Å². The zero-order chi connectivity index (χ0) is 16.0. The van der Waals surface area contributed by atoms with Crippen LogP contribution in [0.1, 0.15) is 35.3 Å². The number of aromatic carboxylic acids is 1. The molecular formula is C13H19NO5S2. The Morgan fingerprint density at radius 3 is 2.62 bits per heavy atom. The van der Waals surface area contributed by atoms with Crippen molar-refractivity contribution in [1.82, 2.24) is 4.31 Å². The smallest absolute Gasteiger partial charge is 0.345 e. The summed E-state index contributed by atoms with van der Waals surface area (Å²) in [5, 5.41) is 9.01. The van der Waals surface area contributed by atoms with E-state index in [1.807, 2.05) is 20.8 Å². The van der Waals surface area contributed by atoms with Gasteiger partial charge in [0.2, 0.25) is 10.0 Å². The molecule has 1 atom stereocenters. The number of hydrogen-bond donors (Lipinski definition) is 1. The van der Waals surface area contributed by atoms with Crippen molar-refractivity contribution in [3.05, 3.63) is 15.8 Å². The van der Waals surface area contributed by atoms with E-state index in [-0.39, 0.29) is 29.0 Å².